The quantitative estimate of drug-likeness (QED) is 0.789. The predicted molar refractivity (Wildman–Crippen MR) is 90.4 cm³/mol. The van der Waals surface area contributed by atoms with Gasteiger partial charge in [-0.25, -0.2) is 8.42 Å². The molecular weight excluding hydrogens is 314 g/mol. The summed E-state index contributed by atoms with van der Waals surface area (Å²) < 4.78 is 24.8. The Morgan fingerprint density at radius 1 is 1.26 bits per heavy atom. The number of hydrogen-bond acceptors (Lipinski definition) is 5. The van der Waals surface area contributed by atoms with Gasteiger partial charge in [-0.05, 0) is 26.0 Å². The van der Waals surface area contributed by atoms with Crippen LogP contribution in [0.25, 0.3) is 0 Å². The summed E-state index contributed by atoms with van der Waals surface area (Å²) in [5.74, 6) is -0.333. The van der Waals surface area contributed by atoms with Crippen molar-refractivity contribution in [2.75, 3.05) is 39.3 Å². The molecule has 1 aliphatic rings. The lowest BCUT2D eigenvalue weighted by atomic mass is 10.2. The molecule has 0 aliphatic carbocycles. The van der Waals surface area contributed by atoms with Crippen molar-refractivity contribution in [3.05, 3.63) is 29.8 Å². The minimum Gasteiger partial charge on any atom is -0.351 e. The Bertz CT molecular complexity index is 638. The monoisotopic (exact) mass is 339 g/mol. The van der Waals surface area contributed by atoms with Gasteiger partial charge in [0.2, 0.25) is 0 Å². The summed E-state index contributed by atoms with van der Waals surface area (Å²) >= 11 is 0. The zero-order valence-electron chi connectivity index (χ0n) is 13.7. The Kier molecular flexibility index (Phi) is 6.15. The second kappa shape index (κ2) is 7.90. The van der Waals surface area contributed by atoms with Crippen LogP contribution in [-0.2, 0) is 9.84 Å². The van der Waals surface area contributed by atoms with E-state index in [0.717, 1.165) is 32.7 Å². The van der Waals surface area contributed by atoms with E-state index in [0.29, 0.717) is 6.54 Å². The van der Waals surface area contributed by atoms with Crippen molar-refractivity contribution in [1.29, 1.82) is 0 Å². The van der Waals surface area contributed by atoms with Crippen LogP contribution in [0.5, 0.6) is 0 Å². The zero-order chi connectivity index (χ0) is 16.9. The van der Waals surface area contributed by atoms with Crippen LogP contribution in [0.4, 0.5) is 0 Å². The molecule has 0 atom stereocenters. The Morgan fingerprint density at radius 3 is 2.57 bits per heavy atom. The van der Waals surface area contributed by atoms with Crippen LogP contribution in [0.15, 0.2) is 29.2 Å². The summed E-state index contributed by atoms with van der Waals surface area (Å²) in [5, 5.41) is 5.55. The summed E-state index contributed by atoms with van der Waals surface area (Å²) in [6.45, 7) is 8.37. The fourth-order valence-corrected chi connectivity index (χ4v) is 3.76. The van der Waals surface area contributed by atoms with Crippen molar-refractivity contribution in [3.63, 3.8) is 0 Å². The first-order valence-electron chi connectivity index (χ1n) is 7.97. The zero-order valence-corrected chi connectivity index (χ0v) is 14.5. The van der Waals surface area contributed by atoms with E-state index < -0.39 is 15.1 Å². The number of sulfone groups is 1. The maximum Gasteiger partial charge on any atom is 0.252 e. The smallest absolute Gasteiger partial charge is 0.252 e. The molecule has 7 heteroatoms. The molecule has 23 heavy (non-hydrogen) atoms. The van der Waals surface area contributed by atoms with Crippen molar-refractivity contribution >= 4 is 15.7 Å². The molecule has 0 saturated carbocycles. The number of carbonyl (C=O) groups excluding carboxylic acids is 1. The minimum atomic E-state index is -3.48. The molecule has 1 saturated heterocycles. The highest BCUT2D eigenvalue weighted by Gasteiger charge is 2.25. The van der Waals surface area contributed by atoms with Crippen LogP contribution >= 0.6 is 0 Å². The van der Waals surface area contributed by atoms with E-state index in [1.807, 2.05) is 0 Å². The normalized spacial score (nSPS) is 16.5. The molecule has 0 aromatic heterocycles. The maximum atomic E-state index is 12.4. The van der Waals surface area contributed by atoms with E-state index in [2.05, 4.69) is 15.5 Å². The lowest BCUT2D eigenvalue weighted by molar-refractivity contribution is 0.0944. The summed E-state index contributed by atoms with van der Waals surface area (Å²) in [4.78, 5) is 14.7. The number of nitrogens with one attached hydrogen (secondary N) is 2. The summed E-state index contributed by atoms with van der Waals surface area (Å²) in [6, 6.07) is 6.40. The van der Waals surface area contributed by atoms with E-state index >= 15 is 0 Å². The number of nitrogens with zero attached hydrogens (tertiary/aromatic N) is 1. The van der Waals surface area contributed by atoms with E-state index in [-0.39, 0.29) is 16.4 Å². The van der Waals surface area contributed by atoms with Crippen molar-refractivity contribution in [2.24, 2.45) is 0 Å². The maximum absolute atomic E-state index is 12.4. The SMILES string of the molecule is CC(C)S(=O)(=O)c1ccccc1C(=O)NCCN1CCNCC1. The molecule has 0 radical (unpaired) electrons. The van der Waals surface area contributed by atoms with Crippen molar-refractivity contribution in [2.45, 2.75) is 24.0 Å². The van der Waals surface area contributed by atoms with Crippen LogP contribution in [0, 0.1) is 0 Å². The molecular formula is C16H25N3O3S. The van der Waals surface area contributed by atoms with E-state index in [4.69, 9.17) is 0 Å². The van der Waals surface area contributed by atoms with Gasteiger partial charge < -0.3 is 10.6 Å². The van der Waals surface area contributed by atoms with Crippen molar-refractivity contribution in [3.8, 4) is 0 Å². The molecule has 1 aromatic carbocycles. The summed E-state index contributed by atoms with van der Waals surface area (Å²) in [7, 11) is -3.48. The Labute approximate surface area is 138 Å². The molecule has 2 N–H and O–H groups in total. The van der Waals surface area contributed by atoms with Gasteiger partial charge in [-0.2, -0.15) is 0 Å². The molecule has 6 nitrogen and oxygen atoms in total. The van der Waals surface area contributed by atoms with Crippen LogP contribution < -0.4 is 10.6 Å². The fourth-order valence-electron chi connectivity index (χ4n) is 2.51. The van der Waals surface area contributed by atoms with Gasteiger partial charge in [-0.3, -0.25) is 9.69 Å². The molecule has 1 fully saturated rings. The number of benzene rings is 1. The Balaban J connectivity index is 2.02. The average molecular weight is 339 g/mol. The standard InChI is InChI=1S/C16H25N3O3S/c1-13(2)23(21,22)15-6-4-3-5-14(15)16(20)18-9-12-19-10-7-17-8-11-19/h3-6,13,17H,7-12H2,1-2H3,(H,18,20). The third kappa shape index (κ3) is 4.53. The first-order chi connectivity index (χ1) is 10.9. The highest BCUT2D eigenvalue weighted by Crippen LogP contribution is 2.20. The highest BCUT2D eigenvalue weighted by atomic mass is 32.2. The van der Waals surface area contributed by atoms with E-state index in [1.165, 1.54) is 6.07 Å². The molecule has 0 spiro atoms. The summed E-state index contributed by atoms with van der Waals surface area (Å²) in [6.07, 6.45) is 0. The third-order valence-corrected chi connectivity index (χ3v) is 6.19. The number of rotatable bonds is 6. The average Bonchev–Trinajstić information content (AvgIpc) is 2.55. The van der Waals surface area contributed by atoms with Gasteiger partial charge in [-0.15, -0.1) is 0 Å². The topological polar surface area (TPSA) is 78.5 Å². The molecule has 1 aliphatic heterocycles. The number of amides is 1. The number of piperazine rings is 1. The fraction of sp³-hybridized carbons (Fsp3) is 0.562. The van der Waals surface area contributed by atoms with Gasteiger partial charge >= 0.3 is 0 Å². The second-order valence-corrected chi connectivity index (χ2v) is 8.41. The van der Waals surface area contributed by atoms with E-state index in [9.17, 15) is 13.2 Å². The van der Waals surface area contributed by atoms with Crippen molar-refractivity contribution < 1.29 is 13.2 Å². The number of carbonyl (C=O) groups is 1. The molecule has 128 valence electrons. The first-order valence-corrected chi connectivity index (χ1v) is 9.51. The van der Waals surface area contributed by atoms with Crippen LogP contribution in [0.3, 0.4) is 0 Å². The molecule has 1 amide bonds. The van der Waals surface area contributed by atoms with Gasteiger partial charge in [-0.1, -0.05) is 12.1 Å². The molecule has 2 rings (SSSR count). The van der Waals surface area contributed by atoms with E-state index in [1.54, 1.807) is 32.0 Å². The predicted octanol–water partition coefficient (Wildman–Crippen LogP) is 0.504. The second-order valence-electron chi connectivity index (χ2n) is 5.94. The van der Waals surface area contributed by atoms with Gasteiger partial charge in [0.05, 0.1) is 15.7 Å². The Hall–Kier alpha value is -1.44. The van der Waals surface area contributed by atoms with Gasteiger partial charge in [0.1, 0.15) is 0 Å². The molecule has 0 unspecified atom stereocenters. The minimum absolute atomic E-state index is 0.106. The van der Waals surface area contributed by atoms with Gasteiger partial charge in [0, 0.05) is 39.3 Å². The molecule has 0 bridgehead atoms. The number of hydrogen-bond donors (Lipinski definition) is 2. The van der Waals surface area contributed by atoms with Crippen LogP contribution in [0.1, 0.15) is 24.2 Å². The third-order valence-electron chi connectivity index (χ3n) is 3.98. The lowest BCUT2D eigenvalue weighted by Gasteiger charge is -2.27. The highest BCUT2D eigenvalue weighted by molar-refractivity contribution is 7.92. The molecule has 1 heterocycles. The largest absolute Gasteiger partial charge is 0.351 e. The van der Waals surface area contributed by atoms with Gasteiger partial charge in [0.15, 0.2) is 9.84 Å². The van der Waals surface area contributed by atoms with Crippen LogP contribution in [0.2, 0.25) is 0 Å². The van der Waals surface area contributed by atoms with Gasteiger partial charge in [0.25, 0.3) is 5.91 Å². The Morgan fingerprint density at radius 2 is 1.91 bits per heavy atom. The van der Waals surface area contributed by atoms with Crippen LogP contribution in [-0.4, -0.2) is 63.7 Å². The first kappa shape index (κ1) is 17.9. The lowest BCUT2D eigenvalue weighted by Crippen LogP contribution is -2.46. The molecule has 1 aromatic rings. The summed E-state index contributed by atoms with van der Waals surface area (Å²) in [5.41, 5.74) is 0.224. The van der Waals surface area contributed by atoms with Crippen molar-refractivity contribution in [1.82, 2.24) is 15.5 Å².